The Kier molecular flexibility index (Phi) is 9.03. The third kappa shape index (κ3) is 6.39. The lowest BCUT2D eigenvalue weighted by Crippen LogP contribution is -2.53. The van der Waals surface area contributed by atoms with Crippen LogP contribution in [-0.4, -0.2) is 32.3 Å². The van der Waals surface area contributed by atoms with E-state index in [0.717, 1.165) is 35.6 Å². The van der Waals surface area contributed by atoms with Crippen LogP contribution in [0.25, 0.3) is 0 Å². The number of esters is 1. The Labute approximate surface area is 216 Å². The van der Waals surface area contributed by atoms with Crippen LogP contribution in [0.4, 0.5) is 5.69 Å². The fraction of sp³-hybridized carbons (Fsp3) is 0.387. The first-order valence-electron chi connectivity index (χ1n) is 12.6. The van der Waals surface area contributed by atoms with Crippen molar-refractivity contribution in [3.8, 4) is 11.5 Å². The number of nitrogens with zero attached hydrogens (tertiary/aromatic N) is 1. The predicted molar refractivity (Wildman–Crippen MR) is 146 cm³/mol. The molecule has 3 aromatic carbocycles. The summed E-state index contributed by atoms with van der Waals surface area (Å²) < 4.78 is 16.8. The first kappa shape index (κ1) is 27.1. The standard InChI is InChI=1S/C31H39NO4/c1-7-32(26-17-21-27(34-5)22-18-26)31(29(33)35-6,25-13-9-8-10-14-25)23-11-12-24-15-19-28(20-16-24)36-30(2,3)4/h8-10,13-22H,7,11-12,23H2,1-6H3/t31-/m0/s1. The van der Waals surface area contributed by atoms with Crippen LogP contribution in [0, 0.1) is 0 Å². The number of aryl methyl sites for hydroxylation is 1. The van der Waals surface area contributed by atoms with Gasteiger partial charge in [0.25, 0.3) is 0 Å². The minimum absolute atomic E-state index is 0.234. The van der Waals surface area contributed by atoms with E-state index < -0.39 is 5.54 Å². The second kappa shape index (κ2) is 12.0. The van der Waals surface area contributed by atoms with Gasteiger partial charge in [-0.05, 0) is 94.5 Å². The highest BCUT2D eigenvalue weighted by molar-refractivity contribution is 5.87. The summed E-state index contributed by atoms with van der Waals surface area (Å²) in [6, 6.07) is 26.0. The predicted octanol–water partition coefficient (Wildman–Crippen LogP) is 6.79. The van der Waals surface area contributed by atoms with Gasteiger partial charge in [-0.2, -0.15) is 0 Å². The number of hydrogen-bond acceptors (Lipinski definition) is 5. The van der Waals surface area contributed by atoms with Gasteiger partial charge in [0.05, 0.1) is 14.2 Å². The summed E-state index contributed by atoms with van der Waals surface area (Å²) in [4.78, 5) is 15.8. The molecule has 0 spiro atoms. The van der Waals surface area contributed by atoms with Crippen LogP contribution < -0.4 is 14.4 Å². The summed E-state index contributed by atoms with van der Waals surface area (Å²) in [6.45, 7) is 8.82. The van der Waals surface area contributed by atoms with Crippen LogP contribution in [-0.2, 0) is 21.5 Å². The summed E-state index contributed by atoms with van der Waals surface area (Å²) in [5.74, 6) is 1.37. The topological polar surface area (TPSA) is 48.0 Å². The molecule has 0 unspecified atom stereocenters. The van der Waals surface area contributed by atoms with E-state index in [-0.39, 0.29) is 11.6 Å². The van der Waals surface area contributed by atoms with Gasteiger partial charge in [-0.15, -0.1) is 0 Å². The zero-order valence-corrected chi connectivity index (χ0v) is 22.4. The number of rotatable bonds is 11. The monoisotopic (exact) mass is 489 g/mol. The summed E-state index contributed by atoms with van der Waals surface area (Å²) in [5, 5.41) is 0. The van der Waals surface area contributed by atoms with E-state index in [1.54, 1.807) is 7.11 Å². The summed E-state index contributed by atoms with van der Waals surface area (Å²) >= 11 is 0. The largest absolute Gasteiger partial charge is 0.497 e. The third-order valence-electron chi connectivity index (χ3n) is 6.29. The van der Waals surface area contributed by atoms with Crippen molar-refractivity contribution >= 4 is 11.7 Å². The molecule has 36 heavy (non-hydrogen) atoms. The number of likely N-dealkylation sites (N-methyl/N-ethyl adjacent to an activating group) is 1. The molecule has 0 radical (unpaired) electrons. The van der Waals surface area contributed by atoms with Crippen molar-refractivity contribution in [3.05, 3.63) is 90.0 Å². The molecule has 0 amide bonds. The first-order chi connectivity index (χ1) is 17.2. The Balaban J connectivity index is 1.93. The summed E-state index contributed by atoms with van der Waals surface area (Å²) in [7, 11) is 3.12. The Morgan fingerprint density at radius 1 is 0.833 bits per heavy atom. The van der Waals surface area contributed by atoms with Gasteiger partial charge in [-0.25, -0.2) is 4.79 Å². The maximum atomic E-state index is 13.6. The van der Waals surface area contributed by atoms with E-state index in [1.165, 1.54) is 12.7 Å². The van der Waals surface area contributed by atoms with Crippen molar-refractivity contribution in [2.75, 3.05) is 25.7 Å². The Morgan fingerprint density at radius 2 is 1.44 bits per heavy atom. The van der Waals surface area contributed by atoms with Crippen LogP contribution in [0.15, 0.2) is 78.9 Å². The van der Waals surface area contributed by atoms with E-state index in [9.17, 15) is 4.79 Å². The molecule has 0 saturated heterocycles. The van der Waals surface area contributed by atoms with Gasteiger partial charge in [-0.3, -0.25) is 0 Å². The van der Waals surface area contributed by atoms with Crippen molar-refractivity contribution in [1.82, 2.24) is 0 Å². The van der Waals surface area contributed by atoms with Crippen LogP contribution >= 0.6 is 0 Å². The Hall–Kier alpha value is -3.47. The second-order valence-electron chi connectivity index (χ2n) is 9.87. The smallest absolute Gasteiger partial charge is 0.336 e. The number of ether oxygens (including phenoxy) is 3. The van der Waals surface area contributed by atoms with E-state index in [0.29, 0.717) is 13.0 Å². The molecule has 0 fully saturated rings. The number of benzene rings is 3. The van der Waals surface area contributed by atoms with E-state index in [1.807, 2.05) is 87.5 Å². The second-order valence-corrected chi connectivity index (χ2v) is 9.87. The molecule has 0 aliphatic heterocycles. The Morgan fingerprint density at radius 3 is 1.97 bits per heavy atom. The maximum absolute atomic E-state index is 13.6. The number of methoxy groups -OCH3 is 2. The highest BCUT2D eigenvalue weighted by atomic mass is 16.5. The van der Waals surface area contributed by atoms with Gasteiger partial charge in [-0.1, -0.05) is 42.5 Å². The molecule has 3 aromatic rings. The van der Waals surface area contributed by atoms with Crippen molar-refractivity contribution < 1.29 is 19.0 Å². The number of carbonyl (C=O) groups excluding carboxylic acids is 1. The molecule has 0 N–H and O–H groups in total. The number of anilines is 1. The van der Waals surface area contributed by atoms with Gasteiger partial charge < -0.3 is 19.1 Å². The fourth-order valence-corrected chi connectivity index (χ4v) is 4.71. The lowest BCUT2D eigenvalue weighted by Gasteiger charge is -2.43. The quantitative estimate of drug-likeness (QED) is 0.278. The molecule has 0 aliphatic rings. The molecule has 192 valence electrons. The van der Waals surface area contributed by atoms with Crippen molar-refractivity contribution in [2.45, 2.75) is 58.1 Å². The minimum Gasteiger partial charge on any atom is -0.497 e. The van der Waals surface area contributed by atoms with Crippen molar-refractivity contribution in [2.24, 2.45) is 0 Å². The molecule has 0 heterocycles. The van der Waals surface area contributed by atoms with Crippen LogP contribution in [0.5, 0.6) is 11.5 Å². The summed E-state index contributed by atoms with van der Waals surface area (Å²) in [6.07, 6.45) is 2.24. The molecule has 0 saturated carbocycles. The fourth-order valence-electron chi connectivity index (χ4n) is 4.71. The molecule has 5 nitrogen and oxygen atoms in total. The van der Waals surface area contributed by atoms with E-state index >= 15 is 0 Å². The molecule has 0 aromatic heterocycles. The average Bonchev–Trinajstić information content (AvgIpc) is 2.88. The Bertz CT molecular complexity index is 1090. The highest BCUT2D eigenvalue weighted by Gasteiger charge is 2.46. The number of carbonyl (C=O) groups is 1. The van der Waals surface area contributed by atoms with Gasteiger partial charge in [0, 0.05) is 12.2 Å². The lowest BCUT2D eigenvalue weighted by molar-refractivity contribution is -0.148. The summed E-state index contributed by atoms with van der Waals surface area (Å²) in [5.41, 5.74) is 1.87. The lowest BCUT2D eigenvalue weighted by atomic mass is 9.82. The SMILES string of the molecule is CCN(c1ccc(OC)cc1)[C@](CCCc1ccc(OC(C)(C)C)cc1)(C(=O)OC)c1ccccc1. The average molecular weight is 490 g/mol. The maximum Gasteiger partial charge on any atom is 0.336 e. The van der Waals surface area contributed by atoms with Crippen LogP contribution in [0.2, 0.25) is 0 Å². The van der Waals surface area contributed by atoms with E-state index in [2.05, 4.69) is 24.0 Å². The van der Waals surface area contributed by atoms with Crippen LogP contribution in [0.1, 0.15) is 51.7 Å². The van der Waals surface area contributed by atoms with Gasteiger partial charge in [0.1, 0.15) is 17.1 Å². The van der Waals surface area contributed by atoms with Gasteiger partial charge >= 0.3 is 5.97 Å². The molecule has 0 aliphatic carbocycles. The zero-order valence-electron chi connectivity index (χ0n) is 22.4. The normalized spacial score (nSPS) is 12.9. The molecule has 5 heteroatoms. The van der Waals surface area contributed by atoms with Crippen molar-refractivity contribution in [1.29, 1.82) is 0 Å². The van der Waals surface area contributed by atoms with Gasteiger partial charge in [0.15, 0.2) is 5.54 Å². The van der Waals surface area contributed by atoms with Crippen molar-refractivity contribution in [3.63, 3.8) is 0 Å². The molecular weight excluding hydrogens is 450 g/mol. The highest BCUT2D eigenvalue weighted by Crippen LogP contribution is 2.39. The van der Waals surface area contributed by atoms with Crippen LogP contribution in [0.3, 0.4) is 0 Å². The minimum atomic E-state index is -0.964. The molecule has 3 rings (SSSR count). The molecule has 1 atom stereocenters. The van der Waals surface area contributed by atoms with E-state index in [4.69, 9.17) is 14.2 Å². The zero-order chi connectivity index (χ0) is 26.2. The number of hydrogen-bond donors (Lipinski definition) is 0. The molecular formula is C31H39NO4. The first-order valence-corrected chi connectivity index (χ1v) is 12.6. The molecule has 0 bridgehead atoms. The third-order valence-corrected chi connectivity index (χ3v) is 6.29. The van der Waals surface area contributed by atoms with Gasteiger partial charge in [0.2, 0.25) is 0 Å².